The van der Waals surface area contributed by atoms with Crippen molar-refractivity contribution >= 4 is 55.1 Å². The summed E-state index contributed by atoms with van der Waals surface area (Å²) in [7, 11) is 0. The first-order valence-corrected chi connectivity index (χ1v) is 6.25. The van der Waals surface area contributed by atoms with E-state index in [2.05, 4.69) is 31.9 Å². The summed E-state index contributed by atoms with van der Waals surface area (Å²) in [5.41, 5.74) is -0.671. The molecule has 0 saturated carbocycles. The van der Waals surface area contributed by atoms with Crippen molar-refractivity contribution in [3.8, 4) is 0 Å². The first-order chi connectivity index (χ1) is 6.79. The summed E-state index contributed by atoms with van der Waals surface area (Å²) in [5.74, 6) is 0. The minimum atomic E-state index is -4.49. The molecule has 0 spiro atoms. The van der Waals surface area contributed by atoms with Gasteiger partial charge in [-0.15, -0.1) is 0 Å². The van der Waals surface area contributed by atoms with Gasteiger partial charge in [-0.2, -0.15) is 13.2 Å². The lowest BCUT2D eigenvalue weighted by Gasteiger charge is -2.14. The molecule has 0 aliphatic rings. The summed E-state index contributed by atoms with van der Waals surface area (Å²) in [6, 6.07) is 0.872. The third-order valence-corrected chi connectivity index (χ3v) is 3.96. The molecule has 1 aromatic carbocycles. The highest BCUT2D eigenvalue weighted by molar-refractivity contribution is 9.10. The van der Waals surface area contributed by atoms with Crippen molar-refractivity contribution in [2.45, 2.75) is 11.5 Å². The maximum absolute atomic E-state index is 12.5. The van der Waals surface area contributed by atoms with Crippen LogP contribution in [0.5, 0.6) is 0 Å². The van der Waals surface area contributed by atoms with E-state index in [0.29, 0.717) is 0 Å². The van der Waals surface area contributed by atoms with Crippen LogP contribution in [-0.4, -0.2) is 0 Å². The number of benzene rings is 1. The lowest BCUT2D eigenvalue weighted by atomic mass is 10.1. The lowest BCUT2D eigenvalue weighted by Crippen LogP contribution is -2.07. The zero-order chi connectivity index (χ0) is 11.8. The van der Waals surface area contributed by atoms with Crippen LogP contribution in [0.2, 0.25) is 10.0 Å². The van der Waals surface area contributed by atoms with Crippen molar-refractivity contribution in [1.82, 2.24) is 0 Å². The number of hydrogen-bond donors (Lipinski definition) is 0. The average molecular weight is 387 g/mol. The predicted molar refractivity (Wildman–Crippen MR) is 61.8 cm³/mol. The Kier molecular flexibility index (Phi) is 4.37. The summed E-state index contributed by atoms with van der Waals surface area (Å²) >= 11 is 17.4. The van der Waals surface area contributed by atoms with Crippen LogP contribution in [0.25, 0.3) is 0 Å². The Hall–Kier alpha value is 0.550. The van der Waals surface area contributed by atoms with Crippen LogP contribution in [0.4, 0.5) is 13.2 Å². The van der Waals surface area contributed by atoms with E-state index >= 15 is 0 Å². The quantitative estimate of drug-likeness (QED) is 0.431. The van der Waals surface area contributed by atoms with Crippen LogP contribution in [-0.2, 0) is 11.5 Å². The molecular weight excluding hydrogens is 384 g/mol. The van der Waals surface area contributed by atoms with E-state index in [-0.39, 0.29) is 25.4 Å². The Morgan fingerprint density at radius 1 is 1.20 bits per heavy atom. The van der Waals surface area contributed by atoms with Gasteiger partial charge >= 0.3 is 6.18 Å². The summed E-state index contributed by atoms with van der Waals surface area (Å²) in [4.78, 5) is 0. The molecule has 15 heavy (non-hydrogen) atoms. The van der Waals surface area contributed by atoms with Crippen molar-refractivity contribution in [1.29, 1.82) is 0 Å². The summed E-state index contributed by atoms with van der Waals surface area (Å²) in [6.45, 7) is 0. The number of hydrogen-bond acceptors (Lipinski definition) is 0. The Morgan fingerprint density at radius 2 is 1.73 bits per heavy atom. The Bertz CT molecular complexity index is 390. The van der Waals surface area contributed by atoms with Gasteiger partial charge in [0.25, 0.3) is 0 Å². The molecule has 0 atom stereocenters. The number of halogens is 7. The molecule has 0 aliphatic heterocycles. The number of alkyl halides is 4. The van der Waals surface area contributed by atoms with Crippen LogP contribution in [0, 0.1) is 0 Å². The molecule has 0 nitrogen and oxygen atoms in total. The monoisotopic (exact) mass is 384 g/mol. The van der Waals surface area contributed by atoms with Gasteiger partial charge in [-0.3, -0.25) is 0 Å². The van der Waals surface area contributed by atoms with Gasteiger partial charge in [-0.25, -0.2) is 0 Å². The molecule has 84 valence electrons. The fraction of sp³-hybridized carbons (Fsp3) is 0.250. The van der Waals surface area contributed by atoms with E-state index < -0.39 is 11.7 Å². The van der Waals surface area contributed by atoms with Crippen LogP contribution < -0.4 is 0 Å². The predicted octanol–water partition coefficient (Wildman–Crippen LogP) is 5.67. The van der Waals surface area contributed by atoms with Gasteiger partial charge in [0.2, 0.25) is 0 Å². The topological polar surface area (TPSA) is 0 Å². The van der Waals surface area contributed by atoms with E-state index in [9.17, 15) is 13.2 Å². The molecular formula is C8H3Br2Cl2F3. The van der Waals surface area contributed by atoms with Crippen molar-refractivity contribution in [3.63, 3.8) is 0 Å². The molecule has 0 radical (unpaired) electrons. The molecule has 0 heterocycles. The third-order valence-electron chi connectivity index (χ3n) is 1.69. The molecule has 0 amide bonds. The Labute approximate surface area is 111 Å². The van der Waals surface area contributed by atoms with Crippen LogP contribution in [0.3, 0.4) is 0 Å². The molecule has 7 heteroatoms. The minimum absolute atomic E-state index is 0.160. The van der Waals surface area contributed by atoms with Gasteiger partial charge in [0.15, 0.2) is 0 Å². The van der Waals surface area contributed by atoms with E-state index in [0.717, 1.165) is 6.07 Å². The first kappa shape index (κ1) is 13.6. The minimum Gasteiger partial charge on any atom is -0.166 e. The first-order valence-electron chi connectivity index (χ1n) is 3.58. The second kappa shape index (κ2) is 4.82. The standard InChI is InChI=1S/C8H3Br2Cl2F3/c9-2-3-6(11)4(8(13,14)15)1-5(10)7(3)12/h1H,2H2. The zero-order valence-corrected chi connectivity index (χ0v) is 11.6. The highest BCUT2D eigenvalue weighted by atomic mass is 79.9. The van der Waals surface area contributed by atoms with E-state index in [1.807, 2.05) is 0 Å². The fourth-order valence-corrected chi connectivity index (χ4v) is 2.92. The van der Waals surface area contributed by atoms with Crippen molar-refractivity contribution in [2.75, 3.05) is 0 Å². The van der Waals surface area contributed by atoms with Crippen molar-refractivity contribution in [3.05, 3.63) is 31.7 Å². The molecule has 0 fully saturated rings. The molecule has 0 saturated heterocycles. The molecule has 0 bridgehead atoms. The largest absolute Gasteiger partial charge is 0.417 e. The maximum atomic E-state index is 12.5. The van der Waals surface area contributed by atoms with Crippen molar-refractivity contribution in [2.24, 2.45) is 0 Å². The summed E-state index contributed by atoms with van der Waals surface area (Å²) in [5, 5.41) is -0.0230. The van der Waals surface area contributed by atoms with Crippen LogP contribution in [0.15, 0.2) is 10.5 Å². The van der Waals surface area contributed by atoms with Gasteiger partial charge in [0.1, 0.15) is 0 Å². The van der Waals surface area contributed by atoms with Crippen LogP contribution in [0.1, 0.15) is 11.1 Å². The molecule has 0 aromatic heterocycles. The molecule has 0 N–H and O–H groups in total. The summed E-state index contributed by atoms with van der Waals surface area (Å²) in [6.07, 6.45) is -4.49. The molecule has 1 rings (SSSR count). The van der Waals surface area contributed by atoms with E-state index in [4.69, 9.17) is 23.2 Å². The van der Waals surface area contributed by atoms with Crippen LogP contribution >= 0.6 is 55.1 Å². The van der Waals surface area contributed by atoms with Gasteiger partial charge in [-0.05, 0) is 22.0 Å². The number of rotatable bonds is 1. The second-order valence-corrected chi connectivity index (χ2v) is 4.81. The second-order valence-electron chi connectivity index (χ2n) is 2.64. The molecule has 0 unspecified atom stereocenters. The Balaban J connectivity index is 3.51. The van der Waals surface area contributed by atoms with E-state index in [1.54, 1.807) is 0 Å². The SMILES string of the molecule is FC(F)(F)c1cc(Br)c(Cl)c(CBr)c1Cl. The third kappa shape index (κ3) is 2.81. The highest BCUT2D eigenvalue weighted by Gasteiger charge is 2.35. The zero-order valence-electron chi connectivity index (χ0n) is 6.93. The smallest absolute Gasteiger partial charge is 0.166 e. The fourth-order valence-electron chi connectivity index (χ4n) is 0.980. The highest BCUT2D eigenvalue weighted by Crippen LogP contribution is 2.42. The Morgan fingerprint density at radius 3 is 2.13 bits per heavy atom. The van der Waals surface area contributed by atoms with Gasteiger partial charge in [0.05, 0.1) is 15.6 Å². The van der Waals surface area contributed by atoms with Gasteiger partial charge in [0, 0.05) is 15.4 Å². The lowest BCUT2D eigenvalue weighted by molar-refractivity contribution is -0.137. The van der Waals surface area contributed by atoms with Crippen molar-refractivity contribution < 1.29 is 13.2 Å². The van der Waals surface area contributed by atoms with Gasteiger partial charge in [-0.1, -0.05) is 39.1 Å². The molecule has 0 aliphatic carbocycles. The normalized spacial score (nSPS) is 11.9. The molecule has 1 aromatic rings. The van der Waals surface area contributed by atoms with E-state index in [1.165, 1.54) is 0 Å². The average Bonchev–Trinajstić information content (AvgIpc) is 2.10. The van der Waals surface area contributed by atoms with Gasteiger partial charge < -0.3 is 0 Å². The summed E-state index contributed by atoms with van der Waals surface area (Å²) < 4.78 is 37.7. The maximum Gasteiger partial charge on any atom is 0.417 e.